The highest BCUT2D eigenvalue weighted by molar-refractivity contribution is 6.30. The van der Waals surface area contributed by atoms with Crippen molar-refractivity contribution < 1.29 is 19.0 Å². The van der Waals surface area contributed by atoms with E-state index in [1.807, 2.05) is 0 Å². The zero-order valence-electron chi connectivity index (χ0n) is 13.3. The van der Waals surface area contributed by atoms with Gasteiger partial charge in [0.25, 0.3) is 0 Å². The molecule has 128 valence electrons. The van der Waals surface area contributed by atoms with Gasteiger partial charge in [-0.3, -0.25) is 9.67 Å². The van der Waals surface area contributed by atoms with E-state index in [4.69, 9.17) is 25.8 Å². The molecule has 0 spiro atoms. The molecule has 2 aromatic heterocycles. The number of pyridine rings is 1. The van der Waals surface area contributed by atoms with Crippen LogP contribution < -0.4 is 4.74 Å². The second-order valence-corrected chi connectivity index (χ2v) is 5.99. The summed E-state index contributed by atoms with van der Waals surface area (Å²) in [4.78, 5) is 16.0. The Hall–Kier alpha value is -2.12. The van der Waals surface area contributed by atoms with Crippen molar-refractivity contribution >= 4 is 17.6 Å². The molecule has 0 N–H and O–H groups in total. The second kappa shape index (κ2) is 7.63. The normalized spacial score (nSPS) is 17.0. The van der Waals surface area contributed by atoms with Crippen molar-refractivity contribution in [2.45, 2.75) is 6.42 Å². The zero-order valence-corrected chi connectivity index (χ0v) is 14.0. The highest BCUT2D eigenvalue weighted by Crippen LogP contribution is 2.22. The smallest absolute Gasteiger partial charge is 0.344 e. The summed E-state index contributed by atoms with van der Waals surface area (Å²) in [5, 5.41) is 4.78. The lowest BCUT2D eigenvalue weighted by molar-refractivity contribution is -0.147. The average molecular weight is 352 g/mol. The van der Waals surface area contributed by atoms with Crippen molar-refractivity contribution in [3.8, 4) is 17.3 Å². The summed E-state index contributed by atoms with van der Waals surface area (Å²) < 4.78 is 17.4. The number of carbonyl (C=O) groups excluding carboxylic acids is 1. The maximum atomic E-state index is 11.7. The van der Waals surface area contributed by atoms with E-state index in [-0.39, 0.29) is 12.5 Å². The van der Waals surface area contributed by atoms with Gasteiger partial charge in [0.05, 0.1) is 29.6 Å². The molecule has 8 heteroatoms. The quantitative estimate of drug-likeness (QED) is 0.742. The number of aromatic nitrogens is 3. The van der Waals surface area contributed by atoms with E-state index < -0.39 is 5.97 Å². The van der Waals surface area contributed by atoms with Gasteiger partial charge in [0.15, 0.2) is 6.61 Å². The van der Waals surface area contributed by atoms with Crippen molar-refractivity contribution in [3.63, 3.8) is 0 Å². The Labute approximate surface area is 144 Å². The molecule has 0 amide bonds. The highest BCUT2D eigenvalue weighted by Gasteiger charge is 2.18. The van der Waals surface area contributed by atoms with Crippen LogP contribution in [0.25, 0.3) is 11.4 Å². The second-order valence-electron chi connectivity index (χ2n) is 5.55. The molecule has 3 rings (SSSR count). The lowest BCUT2D eigenvalue weighted by Gasteiger charge is -2.08. The van der Waals surface area contributed by atoms with E-state index >= 15 is 0 Å². The van der Waals surface area contributed by atoms with Gasteiger partial charge in [-0.1, -0.05) is 11.6 Å². The summed E-state index contributed by atoms with van der Waals surface area (Å²) in [6.07, 6.45) is 2.49. The van der Waals surface area contributed by atoms with Crippen molar-refractivity contribution in [3.05, 3.63) is 29.4 Å². The predicted molar refractivity (Wildman–Crippen MR) is 86.8 cm³/mol. The van der Waals surface area contributed by atoms with E-state index in [9.17, 15) is 4.79 Å². The van der Waals surface area contributed by atoms with Crippen LogP contribution in [-0.2, 0) is 21.3 Å². The molecular weight excluding hydrogens is 334 g/mol. The lowest BCUT2D eigenvalue weighted by Crippen LogP contribution is -2.19. The molecule has 1 fully saturated rings. The van der Waals surface area contributed by atoms with Crippen LogP contribution in [0.5, 0.6) is 5.88 Å². The van der Waals surface area contributed by atoms with Gasteiger partial charge in [0.1, 0.15) is 0 Å². The molecule has 1 unspecified atom stereocenters. The van der Waals surface area contributed by atoms with E-state index in [0.717, 1.165) is 18.7 Å². The van der Waals surface area contributed by atoms with E-state index in [1.54, 1.807) is 36.1 Å². The van der Waals surface area contributed by atoms with E-state index in [1.165, 1.54) is 0 Å². The largest absolute Gasteiger partial charge is 0.465 e. The van der Waals surface area contributed by atoms with Crippen LogP contribution in [0.4, 0.5) is 0 Å². The Morgan fingerprint density at radius 2 is 2.38 bits per heavy atom. The summed E-state index contributed by atoms with van der Waals surface area (Å²) >= 11 is 5.84. The van der Waals surface area contributed by atoms with Crippen molar-refractivity contribution in [2.24, 2.45) is 13.0 Å². The molecule has 0 aliphatic carbocycles. The van der Waals surface area contributed by atoms with Gasteiger partial charge in [-0.15, -0.1) is 5.10 Å². The first-order valence-electron chi connectivity index (χ1n) is 7.64. The number of hydrogen-bond donors (Lipinski definition) is 0. The Bertz CT molecular complexity index is 696. The fraction of sp³-hybridized carbons (Fsp3) is 0.438. The predicted octanol–water partition coefficient (Wildman–Crippen LogP) is 2.09. The van der Waals surface area contributed by atoms with Crippen LogP contribution >= 0.6 is 11.6 Å². The summed E-state index contributed by atoms with van der Waals surface area (Å²) in [5.41, 5.74) is 1.48. The first-order chi connectivity index (χ1) is 11.6. The van der Waals surface area contributed by atoms with Crippen LogP contribution in [0.15, 0.2) is 24.4 Å². The number of ether oxygens (including phenoxy) is 3. The first-order valence-corrected chi connectivity index (χ1v) is 8.02. The number of halogens is 1. The molecule has 1 saturated heterocycles. The molecule has 1 atom stereocenters. The molecule has 2 aromatic rings. The van der Waals surface area contributed by atoms with Crippen LogP contribution in [-0.4, -0.2) is 47.2 Å². The minimum atomic E-state index is -0.418. The molecule has 0 aromatic carbocycles. The molecule has 24 heavy (non-hydrogen) atoms. The van der Waals surface area contributed by atoms with E-state index in [0.29, 0.717) is 29.8 Å². The van der Waals surface area contributed by atoms with Crippen molar-refractivity contribution in [1.29, 1.82) is 0 Å². The number of carbonyl (C=O) groups is 1. The number of nitrogens with zero attached hydrogens (tertiary/aromatic N) is 3. The number of hydrogen-bond acceptors (Lipinski definition) is 6. The maximum Gasteiger partial charge on any atom is 0.344 e. The molecule has 1 aliphatic rings. The minimum Gasteiger partial charge on any atom is -0.465 e. The standard InChI is InChI=1S/C16H18ClN3O4/c1-20-14(13-3-2-12(17)7-18-13)6-15(19-20)23-10-16(21)24-9-11-4-5-22-8-11/h2-3,6-7,11H,4-5,8-10H2,1H3. The average Bonchev–Trinajstić information content (AvgIpc) is 3.21. The number of esters is 1. The monoisotopic (exact) mass is 351 g/mol. The van der Waals surface area contributed by atoms with Gasteiger partial charge in [-0.05, 0) is 18.6 Å². The van der Waals surface area contributed by atoms with Crippen LogP contribution in [0.2, 0.25) is 5.02 Å². The van der Waals surface area contributed by atoms with E-state index in [2.05, 4.69) is 10.1 Å². The van der Waals surface area contributed by atoms with Gasteiger partial charge in [-0.2, -0.15) is 0 Å². The Morgan fingerprint density at radius 3 is 3.08 bits per heavy atom. The Morgan fingerprint density at radius 1 is 1.50 bits per heavy atom. The summed E-state index contributed by atoms with van der Waals surface area (Å²) in [7, 11) is 1.77. The molecule has 0 saturated carbocycles. The van der Waals surface area contributed by atoms with Gasteiger partial charge >= 0.3 is 5.97 Å². The number of aryl methyl sites for hydroxylation is 1. The van der Waals surface area contributed by atoms with Crippen molar-refractivity contribution in [2.75, 3.05) is 26.4 Å². The minimum absolute atomic E-state index is 0.182. The third-order valence-corrected chi connectivity index (χ3v) is 3.91. The SMILES string of the molecule is Cn1nc(OCC(=O)OCC2CCOC2)cc1-c1ccc(Cl)cn1. The highest BCUT2D eigenvalue weighted by atomic mass is 35.5. The molecular formula is C16H18ClN3O4. The van der Waals surface area contributed by atoms with Crippen LogP contribution in [0.1, 0.15) is 6.42 Å². The molecule has 7 nitrogen and oxygen atoms in total. The third kappa shape index (κ3) is 4.24. The van der Waals surface area contributed by atoms with Crippen LogP contribution in [0.3, 0.4) is 0 Å². The molecule has 3 heterocycles. The number of rotatable bonds is 6. The van der Waals surface area contributed by atoms with Gasteiger partial charge in [-0.25, -0.2) is 4.79 Å². The lowest BCUT2D eigenvalue weighted by atomic mass is 10.1. The molecule has 0 bridgehead atoms. The van der Waals surface area contributed by atoms with Gasteiger partial charge < -0.3 is 14.2 Å². The topological polar surface area (TPSA) is 75.5 Å². The molecule has 0 radical (unpaired) electrons. The summed E-state index contributed by atoms with van der Waals surface area (Å²) in [5.74, 6) is 0.204. The summed E-state index contributed by atoms with van der Waals surface area (Å²) in [6.45, 7) is 1.56. The zero-order chi connectivity index (χ0) is 16.9. The van der Waals surface area contributed by atoms with Gasteiger partial charge in [0, 0.05) is 31.8 Å². The summed E-state index contributed by atoms with van der Waals surface area (Å²) in [6, 6.07) is 5.26. The van der Waals surface area contributed by atoms with Gasteiger partial charge in [0.2, 0.25) is 5.88 Å². The Balaban J connectivity index is 1.53. The Kier molecular flexibility index (Phi) is 5.32. The molecule has 1 aliphatic heterocycles. The third-order valence-electron chi connectivity index (χ3n) is 3.69. The fourth-order valence-corrected chi connectivity index (χ4v) is 2.49. The fourth-order valence-electron chi connectivity index (χ4n) is 2.38. The first kappa shape index (κ1) is 16.7. The van der Waals surface area contributed by atoms with Crippen LogP contribution in [0, 0.1) is 5.92 Å². The van der Waals surface area contributed by atoms with Crippen molar-refractivity contribution in [1.82, 2.24) is 14.8 Å². The maximum absolute atomic E-state index is 11.7.